The van der Waals surface area contributed by atoms with Crippen molar-refractivity contribution in [2.75, 3.05) is 6.61 Å². The standard InChI is InChI=1S/C13H11NO3/c1-2-16-13(15)6-10-8-17-12-5-9(7-14)3-4-11(10)12/h3-5,8H,2,6H2,1H3. The van der Waals surface area contributed by atoms with Gasteiger partial charge >= 0.3 is 5.97 Å². The van der Waals surface area contributed by atoms with Crippen LogP contribution in [-0.4, -0.2) is 12.6 Å². The van der Waals surface area contributed by atoms with Crippen LogP contribution in [0.3, 0.4) is 0 Å². The third kappa shape index (κ3) is 2.28. The van der Waals surface area contributed by atoms with Gasteiger partial charge in [-0.1, -0.05) is 0 Å². The summed E-state index contributed by atoms with van der Waals surface area (Å²) in [7, 11) is 0. The molecular weight excluding hydrogens is 218 g/mol. The molecule has 0 bridgehead atoms. The van der Waals surface area contributed by atoms with Crippen LogP contribution in [0.25, 0.3) is 11.0 Å². The zero-order valence-corrected chi connectivity index (χ0v) is 9.40. The molecule has 1 heterocycles. The highest BCUT2D eigenvalue weighted by Crippen LogP contribution is 2.22. The topological polar surface area (TPSA) is 63.2 Å². The van der Waals surface area contributed by atoms with Crippen molar-refractivity contribution < 1.29 is 13.9 Å². The van der Waals surface area contributed by atoms with E-state index in [2.05, 4.69) is 0 Å². The van der Waals surface area contributed by atoms with Gasteiger partial charge in [-0.15, -0.1) is 0 Å². The van der Waals surface area contributed by atoms with Gasteiger partial charge in [-0.25, -0.2) is 0 Å². The number of furan rings is 1. The van der Waals surface area contributed by atoms with Crippen LogP contribution in [-0.2, 0) is 16.0 Å². The Morgan fingerprint density at radius 2 is 2.35 bits per heavy atom. The lowest BCUT2D eigenvalue weighted by molar-refractivity contribution is -0.142. The molecular formula is C13H11NO3. The van der Waals surface area contributed by atoms with Crippen molar-refractivity contribution in [3.63, 3.8) is 0 Å². The Kier molecular flexibility index (Phi) is 3.10. The third-order valence-electron chi connectivity index (χ3n) is 2.42. The lowest BCUT2D eigenvalue weighted by Gasteiger charge is -1.99. The Hall–Kier alpha value is -2.28. The molecule has 0 aliphatic rings. The Morgan fingerprint density at radius 1 is 1.53 bits per heavy atom. The van der Waals surface area contributed by atoms with Crippen LogP contribution in [0.1, 0.15) is 18.1 Å². The van der Waals surface area contributed by atoms with E-state index in [0.717, 1.165) is 10.9 Å². The predicted octanol–water partition coefficient (Wildman–Crippen LogP) is 2.41. The van der Waals surface area contributed by atoms with E-state index >= 15 is 0 Å². The van der Waals surface area contributed by atoms with E-state index in [4.69, 9.17) is 14.4 Å². The molecule has 4 heteroatoms. The molecule has 0 saturated carbocycles. The number of nitrogens with zero attached hydrogens (tertiary/aromatic N) is 1. The highest BCUT2D eigenvalue weighted by atomic mass is 16.5. The van der Waals surface area contributed by atoms with Gasteiger partial charge in [0.1, 0.15) is 5.58 Å². The molecule has 0 aliphatic carbocycles. The van der Waals surface area contributed by atoms with Gasteiger partial charge in [-0.3, -0.25) is 4.79 Å². The molecule has 0 spiro atoms. The van der Waals surface area contributed by atoms with Gasteiger partial charge in [0, 0.05) is 10.9 Å². The number of rotatable bonds is 3. The van der Waals surface area contributed by atoms with Crippen LogP contribution < -0.4 is 0 Å². The van der Waals surface area contributed by atoms with Crippen LogP contribution in [0.4, 0.5) is 0 Å². The first-order chi connectivity index (χ1) is 8.24. The zero-order chi connectivity index (χ0) is 12.3. The number of hydrogen-bond donors (Lipinski definition) is 0. The van der Waals surface area contributed by atoms with Crippen LogP contribution in [0, 0.1) is 11.3 Å². The first kappa shape index (κ1) is 11.2. The minimum absolute atomic E-state index is 0.187. The van der Waals surface area contributed by atoms with Gasteiger partial charge in [-0.05, 0) is 25.1 Å². The molecule has 0 atom stereocenters. The van der Waals surface area contributed by atoms with Crippen LogP contribution >= 0.6 is 0 Å². The maximum atomic E-state index is 11.4. The van der Waals surface area contributed by atoms with E-state index in [-0.39, 0.29) is 12.4 Å². The number of carbonyl (C=O) groups is 1. The molecule has 17 heavy (non-hydrogen) atoms. The molecule has 0 unspecified atom stereocenters. The van der Waals surface area contributed by atoms with Gasteiger partial charge in [-0.2, -0.15) is 5.26 Å². The van der Waals surface area contributed by atoms with E-state index in [9.17, 15) is 4.79 Å². The molecule has 0 aliphatic heterocycles. The highest BCUT2D eigenvalue weighted by Gasteiger charge is 2.11. The minimum Gasteiger partial charge on any atom is -0.466 e. The fourth-order valence-corrected chi connectivity index (χ4v) is 1.66. The van der Waals surface area contributed by atoms with Crippen molar-refractivity contribution in [3.05, 3.63) is 35.6 Å². The fourth-order valence-electron chi connectivity index (χ4n) is 1.66. The molecule has 0 fully saturated rings. The molecule has 0 amide bonds. The number of carbonyl (C=O) groups excluding carboxylic acids is 1. The molecule has 2 aromatic rings. The summed E-state index contributed by atoms with van der Waals surface area (Å²) in [6, 6.07) is 7.18. The third-order valence-corrected chi connectivity index (χ3v) is 2.42. The van der Waals surface area contributed by atoms with Crippen molar-refractivity contribution in [1.29, 1.82) is 5.26 Å². The summed E-state index contributed by atoms with van der Waals surface area (Å²) in [4.78, 5) is 11.4. The van der Waals surface area contributed by atoms with Gasteiger partial charge in [0.25, 0.3) is 0 Å². The lowest BCUT2D eigenvalue weighted by Crippen LogP contribution is -2.06. The molecule has 2 rings (SSSR count). The number of hydrogen-bond acceptors (Lipinski definition) is 4. The van der Waals surface area contributed by atoms with E-state index < -0.39 is 0 Å². The number of benzene rings is 1. The average Bonchev–Trinajstić information content (AvgIpc) is 2.72. The fraction of sp³-hybridized carbons (Fsp3) is 0.231. The number of esters is 1. The van der Waals surface area contributed by atoms with Crippen molar-refractivity contribution in [3.8, 4) is 6.07 Å². The van der Waals surface area contributed by atoms with E-state index in [1.807, 2.05) is 6.07 Å². The van der Waals surface area contributed by atoms with Crippen LogP contribution in [0.15, 0.2) is 28.9 Å². The Labute approximate surface area is 98.4 Å². The smallest absolute Gasteiger partial charge is 0.310 e. The van der Waals surface area contributed by atoms with Crippen LogP contribution in [0.2, 0.25) is 0 Å². The molecule has 4 nitrogen and oxygen atoms in total. The molecule has 1 aromatic heterocycles. The summed E-state index contributed by atoms with van der Waals surface area (Å²) in [5, 5.41) is 9.60. The molecule has 1 aromatic carbocycles. The van der Waals surface area contributed by atoms with Gasteiger partial charge < -0.3 is 9.15 Å². The molecule has 0 saturated heterocycles. The number of ether oxygens (including phenoxy) is 1. The molecule has 0 radical (unpaired) electrons. The second-order valence-electron chi connectivity index (χ2n) is 3.57. The maximum absolute atomic E-state index is 11.4. The van der Waals surface area contributed by atoms with E-state index in [1.54, 1.807) is 25.1 Å². The minimum atomic E-state index is -0.278. The van der Waals surface area contributed by atoms with Crippen molar-refractivity contribution in [1.82, 2.24) is 0 Å². The maximum Gasteiger partial charge on any atom is 0.310 e. The highest BCUT2D eigenvalue weighted by molar-refractivity contribution is 5.86. The largest absolute Gasteiger partial charge is 0.466 e. The van der Waals surface area contributed by atoms with Crippen molar-refractivity contribution in [2.45, 2.75) is 13.3 Å². The summed E-state index contributed by atoms with van der Waals surface area (Å²) in [5.74, 6) is -0.278. The first-order valence-corrected chi connectivity index (χ1v) is 5.30. The normalized spacial score (nSPS) is 10.1. The number of nitriles is 1. The molecule has 0 N–H and O–H groups in total. The zero-order valence-electron chi connectivity index (χ0n) is 9.40. The summed E-state index contributed by atoms with van der Waals surface area (Å²) in [6.07, 6.45) is 1.72. The first-order valence-electron chi connectivity index (χ1n) is 5.30. The molecule has 86 valence electrons. The van der Waals surface area contributed by atoms with Gasteiger partial charge in [0.2, 0.25) is 0 Å². The van der Waals surface area contributed by atoms with Gasteiger partial charge in [0.05, 0.1) is 30.9 Å². The van der Waals surface area contributed by atoms with E-state index in [1.165, 1.54) is 6.26 Å². The lowest BCUT2D eigenvalue weighted by atomic mass is 10.1. The Morgan fingerprint density at radius 3 is 3.06 bits per heavy atom. The van der Waals surface area contributed by atoms with Crippen molar-refractivity contribution >= 4 is 16.9 Å². The van der Waals surface area contributed by atoms with E-state index in [0.29, 0.717) is 17.8 Å². The quantitative estimate of drug-likeness (QED) is 0.758. The summed E-state index contributed by atoms with van der Waals surface area (Å²) in [6.45, 7) is 2.14. The van der Waals surface area contributed by atoms with Crippen molar-refractivity contribution in [2.24, 2.45) is 0 Å². The predicted molar refractivity (Wildman–Crippen MR) is 61.3 cm³/mol. The summed E-state index contributed by atoms with van der Waals surface area (Å²) in [5.41, 5.74) is 1.93. The summed E-state index contributed by atoms with van der Waals surface area (Å²) >= 11 is 0. The number of fused-ring (bicyclic) bond motifs is 1. The average molecular weight is 229 g/mol. The Balaban J connectivity index is 2.31. The van der Waals surface area contributed by atoms with Gasteiger partial charge in [0.15, 0.2) is 0 Å². The Bertz CT molecular complexity index is 592. The summed E-state index contributed by atoms with van der Waals surface area (Å²) < 4.78 is 10.2. The van der Waals surface area contributed by atoms with Crippen LogP contribution in [0.5, 0.6) is 0 Å². The SMILES string of the molecule is CCOC(=O)Cc1coc2cc(C#N)ccc12. The second kappa shape index (κ2) is 4.71. The second-order valence-corrected chi connectivity index (χ2v) is 3.57. The monoisotopic (exact) mass is 229 g/mol.